The molecule has 1 N–H and O–H groups in total. The van der Waals surface area contributed by atoms with Gasteiger partial charge in [-0.15, -0.1) is 0 Å². The number of nitrogens with one attached hydrogen (secondary N) is 1. The molecule has 0 spiro atoms. The maximum Gasteiger partial charge on any atom is 0.246 e. The van der Waals surface area contributed by atoms with Crippen molar-refractivity contribution in [1.29, 1.82) is 0 Å². The highest BCUT2D eigenvalue weighted by molar-refractivity contribution is 5.94. The molecule has 0 atom stereocenters. The maximum atomic E-state index is 12.7. The molecule has 8 nitrogen and oxygen atoms in total. The lowest BCUT2D eigenvalue weighted by atomic mass is 9.95. The van der Waals surface area contributed by atoms with Gasteiger partial charge in [0.2, 0.25) is 18.6 Å². The van der Waals surface area contributed by atoms with E-state index in [2.05, 4.69) is 5.32 Å². The molecule has 2 aliphatic heterocycles. The van der Waals surface area contributed by atoms with Gasteiger partial charge in [-0.1, -0.05) is 6.07 Å². The van der Waals surface area contributed by atoms with Gasteiger partial charge in [0.15, 0.2) is 23.0 Å². The van der Waals surface area contributed by atoms with E-state index in [0.29, 0.717) is 61.2 Å². The summed E-state index contributed by atoms with van der Waals surface area (Å²) in [6, 6.07) is 10.9. The van der Waals surface area contributed by atoms with Gasteiger partial charge in [0.05, 0.1) is 13.7 Å². The predicted molar refractivity (Wildman–Crippen MR) is 124 cm³/mol. The van der Waals surface area contributed by atoms with Crippen molar-refractivity contribution in [3.8, 4) is 23.0 Å². The van der Waals surface area contributed by atoms with Crippen molar-refractivity contribution in [2.24, 2.45) is 5.92 Å². The summed E-state index contributed by atoms with van der Waals surface area (Å²) in [5.74, 6) is 2.35. The van der Waals surface area contributed by atoms with Crippen LogP contribution in [0, 0.1) is 5.92 Å². The second-order valence-corrected chi connectivity index (χ2v) is 7.83. The molecule has 0 bridgehead atoms. The molecule has 8 heteroatoms. The molecular weight excluding hydrogens is 424 g/mol. The van der Waals surface area contributed by atoms with Crippen LogP contribution in [0.1, 0.15) is 25.3 Å². The number of nitrogens with zero attached hydrogens (tertiary/aromatic N) is 1. The number of ether oxygens (including phenoxy) is 4. The number of amides is 2. The minimum absolute atomic E-state index is 0.0435. The van der Waals surface area contributed by atoms with E-state index < -0.39 is 0 Å². The van der Waals surface area contributed by atoms with Crippen LogP contribution < -0.4 is 24.3 Å². The molecule has 0 aromatic heterocycles. The Bertz CT molecular complexity index is 1040. The van der Waals surface area contributed by atoms with Gasteiger partial charge in [-0.2, -0.15) is 0 Å². The van der Waals surface area contributed by atoms with Crippen LogP contribution in [0.5, 0.6) is 23.0 Å². The summed E-state index contributed by atoms with van der Waals surface area (Å²) in [5.41, 5.74) is 1.53. The lowest BCUT2D eigenvalue weighted by molar-refractivity contribution is -0.130. The number of benzene rings is 2. The number of methoxy groups -OCH3 is 1. The summed E-state index contributed by atoms with van der Waals surface area (Å²) in [6.45, 7) is 3.73. The fourth-order valence-corrected chi connectivity index (χ4v) is 3.92. The van der Waals surface area contributed by atoms with Crippen LogP contribution in [0.2, 0.25) is 0 Å². The molecule has 33 heavy (non-hydrogen) atoms. The Hall–Kier alpha value is -3.68. The number of hydrogen-bond acceptors (Lipinski definition) is 6. The topological polar surface area (TPSA) is 86.3 Å². The van der Waals surface area contributed by atoms with E-state index in [-0.39, 0.29) is 24.5 Å². The summed E-state index contributed by atoms with van der Waals surface area (Å²) >= 11 is 0. The second kappa shape index (κ2) is 10.3. The van der Waals surface area contributed by atoms with Gasteiger partial charge in [0.25, 0.3) is 0 Å². The van der Waals surface area contributed by atoms with Gasteiger partial charge in [-0.05, 0) is 55.7 Å². The number of fused-ring (bicyclic) bond motifs is 1. The van der Waals surface area contributed by atoms with Crippen LogP contribution in [0.25, 0.3) is 6.08 Å². The van der Waals surface area contributed by atoms with E-state index in [1.807, 2.05) is 25.1 Å². The van der Waals surface area contributed by atoms with Crippen molar-refractivity contribution >= 4 is 23.6 Å². The van der Waals surface area contributed by atoms with Gasteiger partial charge in [0.1, 0.15) is 0 Å². The Kier molecular flexibility index (Phi) is 7.02. The van der Waals surface area contributed by atoms with Crippen molar-refractivity contribution in [3.63, 3.8) is 0 Å². The Morgan fingerprint density at radius 1 is 1.09 bits per heavy atom. The zero-order valence-electron chi connectivity index (χ0n) is 18.8. The lowest BCUT2D eigenvalue weighted by Gasteiger charge is -2.30. The average molecular weight is 453 g/mol. The van der Waals surface area contributed by atoms with Crippen LogP contribution in [-0.2, 0) is 9.59 Å². The molecular formula is C25H28N2O6. The molecule has 2 amide bonds. The van der Waals surface area contributed by atoms with Crippen LogP contribution in [0.15, 0.2) is 42.5 Å². The monoisotopic (exact) mass is 452 g/mol. The van der Waals surface area contributed by atoms with Gasteiger partial charge in [-0.3, -0.25) is 9.59 Å². The van der Waals surface area contributed by atoms with Crippen molar-refractivity contribution in [2.45, 2.75) is 19.8 Å². The first-order valence-electron chi connectivity index (χ1n) is 11.1. The quantitative estimate of drug-likeness (QED) is 0.645. The maximum absolute atomic E-state index is 12.7. The molecule has 1 fully saturated rings. The highest BCUT2D eigenvalue weighted by Crippen LogP contribution is 2.34. The fraction of sp³-hybridized carbons (Fsp3) is 0.360. The van der Waals surface area contributed by atoms with Crippen LogP contribution in [-0.4, -0.2) is 50.3 Å². The third-order valence-corrected chi connectivity index (χ3v) is 5.72. The predicted octanol–water partition coefficient (Wildman–Crippen LogP) is 3.71. The van der Waals surface area contributed by atoms with Crippen LogP contribution in [0.3, 0.4) is 0 Å². The van der Waals surface area contributed by atoms with Crippen molar-refractivity contribution in [1.82, 2.24) is 4.90 Å². The molecule has 0 unspecified atom stereocenters. The number of piperidine rings is 1. The number of rotatable bonds is 7. The van der Waals surface area contributed by atoms with Gasteiger partial charge in [0, 0.05) is 36.8 Å². The Morgan fingerprint density at radius 3 is 2.64 bits per heavy atom. The molecule has 174 valence electrons. The third kappa shape index (κ3) is 5.39. The normalized spacial score (nSPS) is 15.5. The summed E-state index contributed by atoms with van der Waals surface area (Å²) < 4.78 is 21.5. The Labute approximate surface area is 193 Å². The Morgan fingerprint density at radius 2 is 1.88 bits per heavy atom. The lowest BCUT2D eigenvalue weighted by Crippen LogP contribution is -2.40. The van der Waals surface area contributed by atoms with E-state index in [1.165, 1.54) is 0 Å². The van der Waals surface area contributed by atoms with Crippen molar-refractivity contribution in [3.05, 3.63) is 48.0 Å². The summed E-state index contributed by atoms with van der Waals surface area (Å²) in [5, 5.41) is 2.94. The Balaban J connectivity index is 1.28. The summed E-state index contributed by atoms with van der Waals surface area (Å²) in [6.07, 6.45) is 4.56. The number of likely N-dealkylation sites (tertiary alicyclic amines) is 1. The second-order valence-electron chi connectivity index (χ2n) is 7.83. The number of anilines is 1. The summed E-state index contributed by atoms with van der Waals surface area (Å²) in [4.78, 5) is 27.1. The van der Waals surface area contributed by atoms with E-state index in [4.69, 9.17) is 18.9 Å². The van der Waals surface area contributed by atoms with Crippen LogP contribution >= 0.6 is 0 Å². The first kappa shape index (κ1) is 22.5. The molecule has 2 aromatic rings. The van der Waals surface area contributed by atoms with E-state index >= 15 is 0 Å². The standard InChI is InChI=1S/C25H28N2O6/c1-3-31-20-7-4-17(14-22(20)30-2)5-9-24(28)27-12-10-18(11-13-27)25(29)26-19-6-8-21-23(15-19)33-16-32-21/h4-9,14-15,18H,3,10-13,16H2,1-2H3,(H,26,29)/b9-5+. The van der Waals surface area contributed by atoms with Gasteiger partial charge < -0.3 is 29.2 Å². The first-order chi connectivity index (χ1) is 16.1. The molecule has 2 aliphatic rings. The minimum Gasteiger partial charge on any atom is -0.493 e. The van der Waals surface area contributed by atoms with Crippen molar-refractivity contribution in [2.75, 3.05) is 38.9 Å². The van der Waals surface area contributed by atoms with Gasteiger partial charge >= 0.3 is 0 Å². The van der Waals surface area contributed by atoms with E-state index in [9.17, 15) is 9.59 Å². The zero-order chi connectivity index (χ0) is 23.2. The molecule has 0 saturated carbocycles. The largest absolute Gasteiger partial charge is 0.493 e. The molecule has 0 aliphatic carbocycles. The first-order valence-corrected chi connectivity index (χ1v) is 11.1. The summed E-state index contributed by atoms with van der Waals surface area (Å²) in [7, 11) is 1.59. The highest BCUT2D eigenvalue weighted by atomic mass is 16.7. The molecule has 2 heterocycles. The minimum atomic E-state index is -0.140. The van der Waals surface area contributed by atoms with Crippen molar-refractivity contribution < 1.29 is 28.5 Å². The SMILES string of the molecule is CCOc1ccc(/C=C/C(=O)N2CCC(C(=O)Nc3ccc4c(c3)OCO4)CC2)cc1OC. The van der Waals surface area contributed by atoms with E-state index in [1.54, 1.807) is 42.4 Å². The van der Waals surface area contributed by atoms with E-state index in [0.717, 1.165) is 5.56 Å². The molecule has 2 aromatic carbocycles. The highest BCUT2D eigenvalue weighted by Gasteiger charge is 2.27. The number of carbonyl (C=O) groups is 2. The molecule has 4 rings (SSSR count). The fourth-order valence-electron chi connectivity index (χ4n) is 3.92. The van der Waals surface area contributed by atoms with Crippen LogP contribution in [0.4, 0.5) is 5.69 Å². The average Bonchev–Trinajstić information content (AvgIpc) is 3.31. The zero-order valence-corrected chi connectivity index (χ0v) is 18.8. The van der Waals surface area contributed by atoms with Gasteiger partial charge in [-0.25, -0.2) is 0 Å². The molecule has 0 radical (unpaired) electrons. The molecule has 1 saturated heterocycles. The number of carbonyl (C=O) groups excluding carboxylic acids is 2. The third-order valence-electron chi connectivity index (χ3n) is 5.72. The number of hydrogen-bond donors (Lipinski definition) is 1. The smallest absolute Gasteiger partial charge is 0.246 e.